The molecule has 0 bridgehead atoms. The Labute approximate surface area is 183 Å². The van der Waals surface area contributed by atoms with Gasteiger partial charge in [-0.1, -0.05) is 0 Å². The van der Waals surface area contributed by atoms with Gasteiger partial charge in [-0.25, -0.2) is 9.97 Å². The molecule has 2 aliphatic heterocycles. The van der Waals surface area contributed by atoms with Crippen LogP contribution in [0.2, 0.25) is 0 Å². The van der Waals surface area contributed by atoms with E-state index in [2.05, 4.69) is 40.1 Å². The number of aromatic amines is 1. The van der Waals surface area contributed by atoms with Crippen LogP contribution in [-0.2, 0) is 31.4 Å². The third kappa shape index (κ3) is 3.90. The average Bonchev–Trinajstić information content (AvgIpc) is 3.33. The van der Waals surface area contributed by atoms with E-state index in [4.69, 9.17) is 14.7 Å². The topological polar surface area (TPSA) is 84.8 Å². The Morgan fingerprint density at radius 3 is 2.68 bits per heavy atom. The first kappa shape index (κ1) is 20.3. The van der Waals surface area contributed by atoms with Crippen molar-refractivity contribution in [2.24, 2.45) is 7.05 Å². The number of aromatic nitrogens is 6. The number of aryl methyl sites for hydroxylation is 3. The fourth-order valence-electron chi connectivity index (χ4n) is 4.95. The molecule has 0 atom stereocenters. The van der Waals surface area contributed by atoms with Gasteiger partial charge in [-0.05, 0) is 52.8 Å². The lowest BCUT2D eigenvalue weighted by molar-refractivity contribution is 0.108. The number of H-pyrrole nitrogens is 1. The summed E-state index contributed by atoms with van der Waals surface area (Å²) in [6.07, 6.45) is 3.13. The van der Waals surface area contributed by atoms with Gasteiger partial charge in [0.25, 0.3) is 0 Å². The summed E-state index contributed by atoms with van der Waals surface area (Å²) in [5, 5.41) is 12.4. The number of likely N-dealkylation sites (tertiary alicyclic amines) is 1. The van der Waals surface area contributed by atoms with Gasteiger partial charge in [-0.15, -0.1) is 0 Å². The summed E-state index contributed by atoms with van der Waals surface area (Å²) >= 11 is 0. The normalized spacial score (nSPS) is 17.8. The second-order valence-electron chi connectivity index (χ2n) is 8.88. The molecule has 31 heavy (non-hydrogen) atoms. The predicted molar refractivity (Wildman–Crippen MR) is 118 cm³/mol. The summed E-state index contributed by atoms with van der Waals surface area (Å²) in [7, 11) is 1.98. The summed E-state index contributed by atoms with van der Waals surface area (Å²) in [5.74, 6) is 1.46. The van der Waals surface area contributed by atoms with Crippen molar-refractivity contribution in [2.45, 2.75) is 59.1 Å². The largest absolute Gasteiger partial charge is 0.376 e. The third-order valence-corrected chi connectivity index (χ3v) is 6.83. The molecule has 0 aromatic carbocycles. The molecule has 0 unspecified atom stereocenters. The van der Waals surface area contributed by atoms with Crippen LogP contribution in [0.3, 0.4) is 0 Å². The first-order valence-corrected chi connectivity index (χ1v) is 11.2. The Balaban J connectivity index is 1.23. The third-order valence-electron chi connectivity index (χ3n) is 6.83. The van der Waals surface area contributed by atoms with Gasteiger partial charge >= 0.3 is 0 Å². The molecule has 0 aliphatic carbocycles. The van der Waals surface area contributed by atoms with Crippen LogP contribution < -0.4 is 0 Å². The van der Waals surface area contributed by atoms with Crippen LogP contribution in [0.25, 0.3) is 11.3 Å². The van der Waals surface area contributed by atoms with Crippen molar-refractivity contribution in [3.63, 3.8) is 0 Å². The molecule has 0 saturated carbocycles. The first-order chi connectivity index (χ1) is 15.0. The molecule has 8 heteroatoms. The van der Waals surface area contributed by atoms with E-state index in [1.54, 1.807) is 0 Å². The van der Waals surface area contributed by atoms with Crippen LogP contribution in [0.4, 0.5) is 0 Å². The van der Waals surface area contributed by atoms with E-state index >= 15 is 0 Å². The lowest BCUT2D eigenvalue weighted by Gasteiger charge is -2.31. The summed E-state index contributed by atoms with van der Waals surface area (Å²) < 4.78 is 7.49. The Bertz CT molecular complexity index is 1090. The van der Waals surface area contributed by atoms with Crippen molar-refractivity contribution in [1.29, 1.82) is 0 Å². The van der Waals surface area contributed by atoms with E-state index in [9.17, 15) is 0 Å². The minimum absolute atomic E-state index is 0.512. The van der Waals surface area contributed by atoms with E-state index in [0.29, 0.717) is 12.5 Å². The zero-order chi connectivity index (χ0) is 21.5. The highest BCUT2D eigenvalue weighted by Gasteiger charge is 2.25. The maximum atomic E-state index is 5.56. The minimum Gasteiger partial charge on any atom is -0.376 e. The van der Waals surface area contributed by atoms with Gasteiger partial charge in [-0.3, -0.25) is 14.7 Å². The lowest BCUT2D eigenvalue weighted by atomic mass is 9.93. The predicted octanol–water partition coefficient (Wildman–Crippen LogP) is 2.98. The zero-order valence-electron chi connectivity index (χ0n) is 18.9. The zero-order valence-corrected chi connectivity index (χ0v) is 18.9. The second kappa shape index (κ2) is 8.16. The summed E-state index contributed by atoms with van der Waals surface area (Å²) in [5.41, 5.74) is 8.99. The molecule has 0 spiro atoms. The van der Waals surface area contributed by atoms with Crippen molar-refractivity contribution in [2.75, 3.05) is 19.7 Å². The Morgan fingerprint density at radius 1 is 1.13 bits per heavy atom. The van der Waals surface area contributed by atoms with Crippen molar-refractivity contribution in [3.05, 3.63) is 45.9 Å². The highest BCUT2D eigenvalue weighted by atomic mass is 16.5. The fourth-order valence-corrected chi connectivity index (χ4v) is 4.95. The Kier molecular flexibility index (Phi) is 5.35. The first-order valence-electron chi connectivity index (χ1n) is 11.2. The quantitative estimate of drug-likeness (QED) is 0.697. The molecule has 8 nitrogen and oxygen atoms in total. The average molecular weight is 422 g/mol. The van der Waals surface area contributed by atoms with E-state index in [1.807, 2.05) is 18.7 Å². The molecule has 5 heterocycles. The van der Waals surface area contributed by atoms with Crippen LogP contribution in [0.1, 0.15) is 58.6 Å². The van der Waals surface area contributed by atoms with Crippen LogP contribution in [0.15, 0.2) is 6.07 Å². The molecule has 0 amide bonds. The fraction of sp³-hybridized carbons (Fsp3) is 0.565. The van der Waals surface area contributed by atoms with Crippen molar-refractivity contribution in [3.8, 4) is 11.3 Å². The molecule has 1 fully saturated rings. The molecule has 3 aromatic heterocycles. The molecule has 3 aromatic rings. The van der Waals surface area contributed by atoms with Crippen LogP contribution >= 0.6 is 0 Å². The molecule has 1 N–H and O–H groups in total. The number of ether oxygens (including phenoxy) is 1. The van der Waals surface area contributed by atoms with Gasteiger partial charge in [0.15, 0.2) is 0 Å². The Morgan fingerprint density at radius 2 is 1.94 bits per heavy atom. The van der Waals surface area contributed by atoms with Crippen LogP contribution in [0.5, 0.6) is 0 Å². The van der Waals surface area contributed by atoms with Gasteiger partial charge in [0.2, 0.25) is 0 Å². The molecule has 2 aliphatic rings. The van der Waals surface area contributed by atoms with Gasteiger partial charge in [0.1, 0.15) is 5.82 Å². The van der Waals surface area contributed by atoms with E-state index < -0.39 is 0 Å². The highest BCUT2D eigenvalue weighted by molar-refractivity contribution is 5.65. The number of nitrogens with one attached hydrogen (secondary N) is 1. The number of hydrogen-bond donors (Lipinski definition) is 1. The maximum absolute atomic E-state index is 5.56. The van der Waals surface area contributed by atoms with E-state index in [0.717, 1.165) is 79.7 Å². The van der Waals surface area contributed by atoms with Crippen molar-refractivity contribution in [1.82, 2.24) is 34.8 Å². The Hall–Kier alpha value is -2.58. The lowest BCUT2D eigenvalue weighted by Crippen LogP contribution is -2.33. The smallest absolute Gasteiger partial charge is 0.142 e. The van der Waals surface area contributed by atoms with Gasteiger partial charge in [0.05, 0.1) is 36.8 Å². The summed E-state index contributed by atoms with van der Waals surface area (Å²) in [6.45, 7) is 10.6. The van der Waals surface area contributed by atoms with E-state index in [-0.39, 0.29) is 0 Å². The molecule has 1 saturated heterocycles. The number of hydrogen-bond acceptors (Lipinski definition) is 6. The number of piperidine rings is 1. The van der Waals surface area contributed by atoms with Crippen LogP contribution in [0, 0.1) is 20.8 Å². The second-order valence-corrected chi connectivity index (χ2v) is 8.88. The highest BCUT2D eigenvalue weighted by Crippen LogP contribution is 2.31. The van der Waals surface area contributed by atoms with Crippen molar-refractivity contribution < 1.29 is 4.74 Å². The summed E-state index contributed by atoms with van der Waals surface area (Å²) in [6, 6.07) is 2.22. The summed E-state index contributed by atoms with van der Waals surface area (Å²) in [4.78, 5) is 12.1. The monoisotopic (exact) mass is 421 g/mol. The van der Waals surface area contributed by atoms with Gasteiger partial charge in [-0.2, -0.15) is 10.2 Å². The van der Waals surface area contributed by atoms with Crippen molar-refractivity contribution >= 4 is 0 Å². The van der Waals surface area contributed by atoms with Gasteiger partial charge < -0.3 is 4.74 Å². The standard InChI is InChI=1S/C23H31N7O/c1-14-18-13-31-10-7-19(18)25-22(24-14)12-30-8-5-17(6-9-30)20-11-21(27-26-20)23-15(2)28-29(4)16(23)3/h11,17H,5-10,12-13H2,1-4H3,(H,26,27). The van der Waals surface area contributed by atoms with Crippen LogP contribution in [-0.4, -0.2) is 54.5 Å². The SMILES string of the molecule is Cc1nc(CN2CCC(c3cc(-c4c(C)nn(C)c4C)n[nH]3)CC2)nc2c1COCC2. The molecule has 164 valence electrons. The van der Waals surface area contributed by atoms with Gasteiger partial charge in [0, 0.05) is 47.6 Å². The molecular weight excluding hydrogens is 390 g/mol. The van der Waals surface area contributed by atoms with E-state index in [1.165, 1.54) is 17.0 Å². The molecule has 0 radical (unpaired) electrons. The number of nitrogens with zero attached hydrogens (tertiary/aromatic N) is 6. The molecular formula is C23H31N7O. The maximum Gasteiger partial charge on any atom is 0.142 e. The minimum atomic E-state index is 0.512. The molecule has 5 rings (SSSR count). The number of fused-ring (bicyclic) bond motifs is 1. The number of rotatable bonds is 4.